The molecule has 1 aliphatic rings. The van der Waals surface area contributed by atoms with Gasteiger partial charge in [0.05, 0.1) is 16.1 Å². The van der Waals surface area contributed by atoms with Crippen LogP contribution in [0, 0.1) is 0 Å². The summed E-state index contributed by atoms with van der Waals surface area (Å²) in [6, 6.07) is 7.44. The summed E-state index contributed by atoms with van der Waals surface area (Å²) in [5.41, 5.74) is 6.66. The number of carbonyl (C=O) groups excluding carboxylic acids is 1. The largest absolute Gasteiger partial charge is 0.366 e. The van der Waals surface area contributed by atoms with E-state index in [1.807, 2.05) is 18.2 Å². The van der Waals surface area contributed by atoms with E-state index in [2.05, 4.69) is 25.5 Å². The van der Waals surface area contributed by atoms with Crippen molar-refractivity contribution in [1.82, 2.24) is 20.2 Å². The Morgan fingerprint density at radius 3 is 2.97 bits per heavy atom. The Bertz CT molecular complexity index is 1020. The minimum atomic E-state index is -0.444. The lowest BCUT2D eigenvalue weighted by Crippen LogP contribution is -2.44. The number of fused-ring (bicyclic) bond motifs is 1. The number of thiophene rings is 1. The molecule has 0 spiro atoms. The molecule has 3 heterocycles. The first-order valence-electron chi connectivity index (χ1n) is 9.64. The molecule has 152 valence electrons. The molecule has 9 heteroatoms. The monoisotopic (exact) mass is 430 g/mol. The molecule has 3 aromatic rings. The second kappa shape index (κ2) is 9.04. The Morgan fingerprint density at radius 2 is 2.17 bits per heavy atom. The lowest BCUT2D eigenvalue weighted by Gasteiger charge is -2.27. The number of piperazine rings is 1. The van der Waals surface area contributed by atoms with E-state index in [9.17, 15) is 4.79 Å². The van der Waals surface area contributed by atoms with Gasteiger partial charge in [-0.1, -0.05) is 17.7 Å². The number of nitrogens with two attached hydrogens (primary N) is 1. The smallest absolute Gasteiger partial charge is 0.249 e. The summed E-state index contributed by atoms with van der Waals surface area (Å²) >= 11 is 7.90. The fraction of sp³-hybridized carbons (Fsp3) is 0.350. The number of carbonyl (C=O) groups is 1. The van der Waals surface area contributed by atoms with Crippen molar-refractivity contribution in [3.63, 3.8) is 0 Å². The van der Waals surface area contributed by atoms with Gasteiger partial charge in [0, 0.05) is 48.4 Å². The van der Waals surface area contributed by atoms with E-state index in [-0.39, 0.29) is 0 Å². The van der Waals surface area contributed by atoms with Crippen LogP contribution in [-0.2, 0) is 0 Å². The Morgan fingerprint density at radius 1 is 1.34 bits per heavy atom. The molecule has 0 bridgehead atoms. The molecule has 29 heavy (non-hydrogen) atoms. The van der Waals surface area contributed by atoms with Crippen LogP contribution in [0.1, 0.15) is 16.8 Å². The fourth-order valence-corrected chi connectivity index (χ4v) is 4.80. The molecular weight excluding hydrogens is 408 g/mol. The number of amides is 1. The zero-order valence-electron chi connectivity index (χ0n) is 15.9. The maximum absolute atomic E-state index is 11.7. The van der Waals surface area contributed by atoms with Crippen molar-refractivity contribution in [1.29, 1.82) is 0 Å². The van der Waals surface area contributed by atoms with Gasteiger partial charge >= 0.3 is 0 Å². The molecular formula is C20H23ClN6OS. The Kier molecular flexibility index (Phi) is 6.25. The molecule has 0 aliphatic carbocycles. The van der Waals surface area contributed by atoms with Crippen LogP contribution < -0.4 is 16.4 Å². The van der Waals surface area contributed by atoms with E-state index < -0.39 is 5.91 Å². The second-order valence-electron chi connectivity index (χ2n) is 6.95. The molecule has 0 unspecified atom stereocenters. The number of rotatable bonds is 7. The maximum Gasteiger partial charge on any atom is 0.249 e. The molecule has 1 saturated heterocycles. The Balaban J connectivity index is 1.47. The first kappa shape index (κ1) is 20.0. The fourth-order valence-electron chi connectivity index (χ4n) is 3.46. The molecule has 1 aliphatic heterocycles. The maximum atomic E-state index is 11.7. The summed E-state index contributed by atoms with van der Waals surface area (Å²) in [5, 5.41) is 7.95. The highest BCUT2D eigenvalue weighted by Gasteiger charge is 2.15. The van der Waals surface area contributed by atoms with Crippen molar-refractivity contribution >= 4 is 44.9 Å². The number of aromatic nitrogens is 2. The van der Waals surface area contributed by atoms with Gasteiger partial charge in [0.25, 0.3) is 0 Å². The summed E-state index contributed by atoms with van der Waals surface area (Å²) < 4.78 is 0.969. The summed E-state index contributed by atoms with van der Waals surface area (Å²) in [4.78, 5) is 24.0. The Hall–Kier alpha value is -2.26. The average Bonchev–Trinajstić information content (AvgIpc) is 3.17. The van der Waals surface area contributed by atoms with Crippen LogP contribution in [0.25, 0.3) is 20.7 Å². The van der Waals surface area contributed by atoms with Crippen molar-refractivity contribution in [3.05, 3.63) is 41.0 Å². The molecule has 1 aromatic carbocycles. The van der Waals surface area contributed by atoms with Gasteiger partial charge in [0.15, 0.2) is 0 Å². The average molecular weight is 431 g/mol. The minimum absolute atomic E-state index is 0.444. The number of primary amides is 1. The number of halogens is 1. The van der Waals surface area contributed by atoms with Crippen LogP contribution in [0.4, 0.5) is 5.95 Å². The van der Waals surface area contributed by atoms with E-state index in [1.165, 1.54) is 11.3 Å². The quantitative estimate of drug-likeness (QED) is 0.499. The molecule has 1 fully saturated rings. The third kappa shape index (κ3) is 4.67. The van der Waals surface area contributed by atoms with Gasteiger partial charge in [-0.15, -0.1) is 11.3 Å². The van der Waals surface area contributed by atoms with Gasteiger partial charge in [-0.2, -0.15) is 0 Å². The predicted octanol–water partition coefficient (Wildman–Crippen LogP) is 2.82. The lowest BCUT2D eigenvalue weighted by molar-refractivity contribution is 0.100. The SMILES string of the molecule is NC(=O)c1cccc2sc(-c3nc(NCCCN4CCNCC4)ncc3Cl)cc12. The van der Waals surface area contributed by atoms with Gasteiger partial charge in [0.2, 0.25) is 11.9 Å². The standard InChI is InChI=1S/C20H23ClN6OS/c21-15-12-25-20(24-5-2-8-27-9-6-23-7-10-27)26-18(15)17-11-14-13(19(22)28)3-1-4-16(14)29-17/h1,3-4,11-12,23H,2,5-10H2,(H2,22,28)(H,24,25,26). The number of nitrogens with zero attached hydrogens (tertiary/aromatic N) is 3. The van der Waals surface area contributed by atoms with Gasteiger partial charge in [0.1, 0.15) is 5.69 Å². The van der Waals surface area contributed by atoms with Crippen LogP contribution >= 0.6 is 22.9 Å². The third-order valence-electron chi connectivity index (χ3n) is 4.95. The first-order valence-corrected chi connectivity index (χ1v) is 10.8. The van der Waals surface area contributed by atoms with Crippen molar-refractivity contribution < 1.29 is 4.79 Å². The van der Waals surface area contributed by atoms with Crippen LogP contribution in [0.3, 0.4) is 0 Å². The van der Waals surface area contributed by atoms with Crippen LogP contribution in [0.15, 0.2) is 30.5 Å². The predicted molar refractivity (Wildman–Crippen MR) is 119 cm³/mol. The molecule has 4 N–H and O–H groups in total. The van der Waals surface area contributed by atoms with E-state index in [4.69, 9.17) is 17.3 Å². The van der Waals surface area contributed by atoms with Crippen LogP contribution in [0.5, 0.6) is 0 Å². The third-order valence-corrected chi connectivity index (χ3v) is 6.33. The van der Waals surface area contributed by atoms with Gasteiger partial charge < -0.3 is 21.3 Å². The summed E-state index contributed by atoms with van der Waals surface area (Å²) in [5.74, 6) is 0.109. The van der Waals surface area contributed by atoms with Crippen molar-refractivity contribution in [2.45, 2.75) is 6.42 Å². The number of anilines is 1. The number of hydrogen-bond donors (Lipinski definition) is 3. The molecule has 0 radical (unpaired) electrons. The normalized spacial score (nSPS) is 14.9. The van der Waals surface area contributed by atoms with E-state index in [1.54, 1.807) is 12.3 Å². The molecule has 7 nitrogen and oxygen atoms in total. The first-order chi connectivity index (χ1) is 14.1. The summed E-state index contributed by atoms with van der Waals surface area (Å²) in [6.45, 7) is 6.17. The van der Waals surface area contributed by atoms with Crippen molar-refractivity contribution in [3.8, 4) is 10.6 Å². The summed E-state index contributed by atoms with van der Waals surface area (Å²) in [7, 11) is 0. The van der Waals surface area contributed by atoms with E-state index in [0.717, 1.165) is 60.7 Å². The van der Waals surface area contributed by atoms with E-state index in [0.29, 0.717) is 22.2 Å². The second-order valence-corrected chi connectivity index (χ2v) is 8.45. The molecule has 2 aromatic heterocycles. The van der Waals surface area contributed by atoms with Gasteiger partial charge in [-0.05, 0) is 31.2 Å². The zero-order chi connectivity index (χ0) is 20.2. The topological polar surface area (TPSA) is 96.2 Å². The zero-order valence-corrected chi connectivity index (χ0v) is 17.5. The molecule has 0 saturated carbocycles. The highest BCUT2D eigenvalue weighted by atomic mass is 35.5. The number of nitrogens with one attached hydrogen (secondary N) is 2. The molecule has 0 atom stereocenters. The lowest BCUT2D eigenvalue weighted by atomic mass is 10.1. The number of benzene rings is 1. The summed E-state index contributed by atoms with van der Waals surface area (Å²) in [6.07, 6.45) is 2.63. The number of hydrogen-bond acceptors (Lipinski definition) is 7. The highest BCUT2D eigenvalue weighted by Crippen LogP contribution is 2.37. The van der Waals surface area contributed by atoms with Crippen molar-refractivity contribution in [2.24, 2.45) is 5.73 Å². The van der Waals surface area contributed by atoms with Crippen LogP contribution in [-0.4, -0.2) is 60.0 Å². The Labute approximate surface area is 178 Å². The van der Waals surface area contributed by atoms with E-state index >= 15 is 0 Å². The van der Waals surface area contributed by atoms with Gasteiger partial charge in [-0.3, -0.25) is 4.79 Å². The van der Waals surface area contributed by atoms with Crippen LogP contribution in [0.2, 0.25) is 5.02 Å². The van der Waals surface area contributed by atoms with Crippen molar-refractivity contribution in [2.75, 3.05) is 44.6 Å². The highest BCUT2D eigenvalue weighted by molar-refractivity contribution is 7.22. The molecule has 1 amide bonds. The van der Waals surface area contributed by atoms with Gasteiger partial charge in [-0.25, -0.2) is 9.97 Å². The molecule has 4 rings (SSSR count). The minimum Gasteiger partial charge on any atom is -0.366 e.